The van der Waals surface area contributed by atoms with Crippen molar-refractivity contribution in [1.29, 1.82) is 0 Å². The number of anilines is 1. The molecule has 1 saturated heterocycles. The normalized spacial score (nSPS) is 20.5. The van der Waals surface area contributed by atoms with Crippen molar-refractivity contribution in [3.63, 3.8) is 0 Å². The molecule has 1 fully saturated rings. The molecule has 0 saturated carbocycles. The fourth-order valence-corrected chi connectivity index (χ4v) is 3.72. The highest BCUT2D eigenvalue weighted by atomic mass is 16.2. The number of aromatic nitrogens is 4. The number of fused-ring (bicyclic) bond motifs is 1. The van der Waals surface area contributed by atoms with Gasteiger partial charge < -0.3 is 10.6 Å². The molecule has 26 heavy (non-hydrogen) atoms. The number of aryl methyl sites for hydroxylation is 1. The molecule has 3 rings (SSSR count). The van der Waals surface area contributed by atoms with Gasteiger partial charge in [-0.3, -0.25) is 14.8 Å². The SMILES string of the molecule is Cc1[nH]nc2ncnc(NCC(C)(C)NC(=O)C3CC(C)(C)CN3C)c12. The van der Waals surface area contributed by atoms with Gasteiger partial charge in [0, 0.05) is 18.8 Å². The summed E-state index contributed by atoms with van der Waals surface area (Å²) < 4.78 is 0. The van der Waals surface area contributed by atoms with Crippen molar-refractivity contribution in [2.75, 3.05) is 25.5 Å². The summed E-state index contributed by atoms with van der Waals surface area (Å²) in [7, 11) is 2.02. The average molecular weight is 359 g/mol. The number of aromatic amines is 1. The van der Waals surface area contributed by atoms with Crippen molar-refractivity contribution >= 4 is 22.8 Å². The van der Waals surface area contributed by atoms with Crippen molar-refractivity contribution < 1.29 is 4.79 Å². The van der Waals surface area contributed by atoms with Gasteiger partial charge in [-0.05, 0) is 39.7 Å². The van der Waals surface area contributed by atoms with E-state index in [0.29, 0.717) is 12.2 Å². The van der Waals surface area contributed by atoms with E-state index in [-0.39, 0.29) is 17.4 Å². The first-order valence-electron chi connectivity index (χ1n) is 9.00. The zero-order valence-corrected chi connectivity index (χ0v) is 16.5. The summed E-state index contributed by atoms with van der Waals surface area (Å²) in [5.41, 5.74) is 1.31. The number of likely N-dealkylation sites (N-methyl/N-ethyl adjacent to an activating group) is 1. The lowest BCUT2D eigenvalue weighted by molar-refractivity contribution is -0.126. The summed E-state index contributed by atoms with van der Waals surface area (Å²) in [6.45, 7) is 11.9. The third-order valence-electron chi connectivity index (χ3n) is 4.95. The van der Waals surface area contributed by atoms with Crippen molar-refractivity contribution in [2.45, 2.75) is 52.6 Å². The minimum Gasteiger partial charge on any atom is -0.367 e. The molecule has 1 aliphatic heterocycles. The van der Waals surface area contributed by atoms with Gasteiger partial charge in [-0.1, -0.05) is 13.8 Å². The molecule has 0 aliphatic carbocycles. The lowest BCUT2D eigenvalue weighted by atomic mass is 9.90. The fourth-order valence-electron chi connectivity index (χ4n) is 3.72. The first kappa shape index (κ1) is 18.6. The van der Waals surface area contributed by atoms with E-state index in [2.05, 4.69) is 49.5 Å². The molecule has 2 aromatic rings. The Morgan fingerprint density at radius 2 is 2.15 bits per heavy atom. The minimum absolute atomic E-state index is 0.0776. The number of hydrogen-bond acceptors (Lipinski definition) is 6. The molecule has 0 radical (unpaired) electrons. The van der Waals surface area contributed by atoms with Crippen LogP contribution in [-0.4, -0.2) is 62.7 Å². The third kappa shape index (κ3) is 3.80. The quantitative estimate of drug-likeness (QED) is 0.751. The number of nitrogens with one attached hydrogen (secondary N) is 3. The highest BCUT2D eigenvalue weighted by Gasteiger charge is 2.40. The molecule has 8 heteroatoms. The van der Waals surface area contributed by atoms with Crippen molar-refractivity contribution in [2.24, 2.45) is 5.41 Å². The van der Waals surface area contributed by atoms with E-state index >= 15 is 0 Å². The van der Waals surface area contributed by atoms with E-state index in [4.69, 9.17) is 0 Å². The summed E-state index contributed by atoms with van der Waals surface area (Å²) in [6, 6.07) is -0.0776. The van der Waals surface area contributed by atoms with Crippen LogP contribution in [0.2, 0.25) is 0 Å². The molecule has 3 heterocycles. The number of H-pyrrole nitrogens is 1. The van der Waals surface area contributed by atoms with E-state index in [0.717, 1.165) is 29.9 Å². The Balaban J connectivity index is 1.65. The average Bonchev–Trinajstić information content (AvgIpc) is 3.04. The molecular weight excluding hydrogens is 330 g/mol. The van der Waals surface area contributed by atoms with E-state index in [9.17, 15) is 4.79 Å². The topological polar surface area (TPSA) is 98.8 Å². The monoisotopic (exact) mass is 359 g/mol. The lowest BCUT2D eigenvalue weighted by Crippen LogP contribution is -2.53. The van der Waals surface area contributed by atoms with Crippen molar-refractivity contribution in [3.05, 3.63) is 12.0 Å². The van der Waals surface area contributed by atoms with Crippen LogP contribution in [0.4, 0.5) is 5.82 Å². The van der Waals surface area contributed by atoms with E-state index < -0.39 is 5.54 Å². The van der Waals surface area contributed by atoms with Crippen molar-refractivity contribution in [1.82, 2.24) is 30.4 Å². The van der Waals surface area contributed by atoms with Crippen molar-refractivity contribution in [3.8, 4) is 0 Å². The molecule has 3 N–H and O–H groups in total. The summed E-state index contributed by atoms with van der Waals surface area (Å²) in [5.74, 6) is 0.805. The molecule has 1 unspecified atom stereocenters. The standard InChI is InChI=1S/C18H29N7O/c1-11-13-14(20-10-21-15(13)24-23-11)19-8-18(4,5)22-16(26)12-7-17(2,3)9-25(12)6/h10,12H,7-9H2,1-6H3,(H,22,26)(H2,19,20,21,23,24). The number of rotatable bonds is 5. The van der Waals surface area contributed by atoms with Gasteiger partial charge >= 0.3 is 0 Å². The van der Waals surface area contributed by atoms with Crippen LogP contribution in [0.25, 0.3) is 11.0 Å². The Morgan fingerprint density at radius 1 is 1.42 bits per heavy atom. The molecule has 0 bridgehead atoms. The lowest BCUT2D eigenvalue weighted by Gasteiger charge is -2.30. The number of carbonyl (C=O) groups is 1. The van der Waals surface area contributed by atoms with Crippen LogP contribution in [0.1, 0.15) is 39.8 Å². The highest BCUT2D eigenvalue weighted by Crippen LogP contribution is 2.33. The Morgan fingerprint density at radius 3 is 2.81 bits per heavy atom. The first-order valence-corrected chi connectivity index (χ1v) is 9.00. The van der Waals surface area contributed by atoms with Crippen LogP contribution in [0.15, 0.2) is 6.33 Å². The van der Waals surface area contributed by atoms with Crippen LogP contribution >= 0.6 is 0 Å². The number of amides is 1. The molecule has 0 spiro atoms. The molecular formula is C18H29N7O. The van der Waals surface area contributed by atoms with E-state index in [1.54, 1.807) is 0 Å². The van der Waals surface area contributed by atoms with E-state index in [1.165, 1.54) is 6.33 Å². The zero-order valence-electron chi connectivity index (χ0n) is 16.5. The van der Waals surface area contributed by atoms with Crippen LogP contribution in [0, 0.1) is 12.3 Å². The minimum atomic E-state index is -0.417. The van der Waals surface area contributed by atoms with Crippen LogP contribution < -0.4 is 10.6 Å². The Hall–Kier alpha value is -2.22. The molecule has 1 atom stereocenters. The largest absolute Gasteiger partial charge is 0.367 e. The Bertz CT molecular complexity index is 811. The number of likely N-dealkylation sites (tertiary alicyclic amines) is 1. The number of hydrogen-bond donors (Lipinski definition) is 3. The smallest absolute Gasteiger partial charge is 0.237 e. The predicted octanol–water partition coefficient (Wildman–Crippen LogP) is 1.70. The Kier molecular flexibility index (Phi) is 4.64. The number of nitrogens with zero attached hydrogens (tertiary/aromatic N) is 4. The first-order chi connectivity index (χ1) is 12.1. The van der Waals surface area contributed by atoms with Gasteiger partial charge in [0.05, 0.1) is 17.0 Å². The van der Waals surface area contributed by atoms with Gasteiger partial charge in [-0.25, -0.2) is 9.97 Å². The second-order valence-electron chi connectivity index (χ2n) is 8.80. The van der Waals surface area contributed by atoms with Gasteiger partial charge in [0.2, 0.25) is 5.91 Å². The fraction of sp³-hybridized carbons (Fsp3) is 0.667. The maximum absolute atomic E-state index is 12.8. The van der Waals surface area contributed by atoms with Crippen LogP contribution in [0.5, 0.6) is 0 Å². The molecule has 1 amide bonds. The molecule has 2 aromatic heterocycles. The summed E-state index contributed by atoms with van der Waals surface area (Å²) in [4.78, 5) is 23.4. The molecule has 142 valence electrons. The molecule has 1 aliphatic rings. The molecule has 0 aromatic carbocycles. The predicted molar refractivity (Wildman–Crippen MR) is 102 cm³/mol. The second-order valence-corrected chi connectivity index (χ2v) is 8.80. The maximum atomic E-state index is 12.8. The Labute approximate surface area is 154 Å². The molecule has 8 nitrogen and oxygen atoms in total. The van der Waals surface area contributed by atoms with Gasteiger partial charge in [-0.15, -0.1) is 0 Å². The highest BCUT2D eigenvalue weighted by molar-refractivity contribution is 5.88. The van der Waals surface area contributed by atoms with Gasteiger partial charge in [-0.2, -0.15) is 5.10 Å². The van der Waals surface area contributed by atoms with Gasteiger partial charge in [0.25, 0.3) is 0 Å². The second kappa shape index (κ2) is 6.50. The van der Waals surface area contributed by atoms with Gasteiger partial charge in [0.15, 0.2) is 5.65 Å². The van der Waals surface area contributed by atoms with Crippen LogP contribution in [0.3, 0.4) is 0 Å². The van der Waals surface area contributed by atoms with Crippen LogP contribution in [-0.2, 0) is 4.79 Å². The maximum Gasteiger partial charge on any atom is 0.237 e. The summed E-state index contributed by atoms with van der Waals surface area (Å²) in [5, 5.41) is 14.5. The number of carbonyl (C=O) groups excluding carboxylic acids is 1. The zero-order chi connectivity index (χ0) is 19.1. The summed E-state index contributed by atoms with van der Waals surface area (Å²) in [6.07, 6.45) is 2.37. The summed E-state index contributed by atoms with van der Waals surface area (Å²) >= 11 is 0. The third-order valence-corrected chi connectivity index (χ3v) is 4.95. The van der Waals surface area contributed by atoms with Gasteiger partial charge in [0.1, 0.15) is 12.1 Å². The van der Waals surface area contributed by atoms with E-state index in [1.807, 2.05) is 27.8 Å².